The minimum absolute atomic E-state index is 0.0360. The van der Waals surface area contributed by atoms with Crippen LogP contribution in [-0.2, 0) is 4.79 Å². The van der Waals surface area contributed by atoms with Gasteiger partial charge in [0.1, 0.15) is 0 Å². The third-order valence-electron chi connectivity index (χ3n) is 7.59. The second kappa shape index (κ2) is 14.5. The fourth-order valence-electron chi connectivity index (χ4n) is 5.32. The van der Waals surface area contributed by atoms with E-state index in [1.807, 2.05) is 24.3 Å². The number of alkyl halides is 3. The summed E-state index contributed by atoms with van der Waals surface area (Å²) in [6, 6.07) is 18.8. The third-order valence-corrected chi connectivity index (χ3v) is 8.33. The van der Waals surface area contributed by atoms with Crippen LogP contribution in [0, 0.1) is 0 Å². The number of halogens is 3. The summed E-state index contributed by atoms with van der Waals surface area (Å²) in [5, 5.41) is 11.3. The SMILES string of the molecule is O=C(O)CCNC(=O)c1ccc(C(=O)C(CC(=O)c2ccc(SC(F)(F)F)cc2)c2ccc(C3CCCCC3)cc2)cc1. The van der Waals surface area contributed by atoms with E-state index in [0.717, 1.165) is 12.8 Å². The van der Waals surface area contributed by atoms with Crippen LogP contribution in [0.5, 0.6) is 0 Å². The molecule has 0 heterocycles. The first-order chi connectivity index (χ1) is 20.5. The van der Waals surface area contributed by atoms with Crippen molar-refractivity contribution in [2.75, 3.05) is 6.54 Å². The number of aliphatic carboxylic acids is 1. The molecule has 1 aliphatic rings. The lowest BCUT2D eigenvalue weighted by atomic mass is 9.81. The number of carbonyl (C=O) groups excluding carboxylic acids is 3. The average molecular weight is 612 g/mol. The maximum atomic E-state index is 13.8. The Morgan fingerprint density at radius 2 is 1.40 bits per heavy atom. The highest BCUT2D eigenvalue weighted by molar-refractivity contribution is 8.00. The largest absolute Gasteiger partial charge is 0.481 e. The molecule has 226 valence electrons. The molecular formula is C33H32F3NO5S. The molecule has 43 heavy (non-hydrogen) atoms. The van der Waals surface area contributed by atoms with Crippen LogP contribution in [0.25, 0.3) is 0 Å². The molecule has 0 spiro atoms. The molecule has 2 N–H and O–H groups in total. The summed E-state index contributed by atoms with van der Waals surface area (Å²) in [4.78, 5) is 50.1. The Morgan fingerprint density at radius 1 is 0.814 bits per heavy atom. The van der Waals surface area contributed by atoms with Gasteiger partial charge in [-0.05, 0) is 65.9 Å². The standard InChI is InChI=1S/C33H32F3NO5S/c34-33(35,36)43-27-16-14-24(15-17-27)29(38)20-28(23-8-6-22(7-9-23)21-4-2-1-3-5-21)31(41)25-10-12-26(13-11-25)32(42)37-19-18-30(39)40/h6-17,21,28H,1-5,18-20H2,(H,37,42)(H,39,40). The van der Waals surface area contributed by atoms with Gasteiger partial charge >= 0.3 is 11.5 Å². The van der Waals surface area contributed by atoms with E-state index in [2.05, 4.69) is 5.32 Å². The molecule has 0 saturated heterocycles. The topological polar surface area (TPSA) is 101 Å². The summed E-state index contributed by atoms with van der Waals surface area (Å²) in [6.07, 6.45) is 5.39. The van der Waals surface area contributed by atoms with Gasteiger partial charge in [-0.3, -0.25) is 19.2 Å². The van der Waals surface area contributed by atoms with Crippen LogP contribution in [0.4, 0.5) is 13.2 Å². The average Bonchev–Trinajstić information content (AvgIpc) is 2.99. The van der Waals surface area contributed by atoms with Crippen molar-refractivity contribution in [2.45, 2.75) is 67.2 Å². The zero-order chi connectivity index (χ0) is 31.0. The van der Waals surface area contributed by atoms with Gasteiger partial charge in [0.2, 0.25) is 0 Å². The molecule has 1 amide bonds. The van der Waals surface area contributed by atoms with E-state index < -0.39 is 23.3 Å². The van der Waals surface area contributed by atoms with E-state index in [4.69, 9.17) is 5.11 Å². The van der Waals surface area contributed by atoms with E-state index in [1.54, 1.807) is 0 Å². The molecule has 6 nitrogen and oxygen atoms in total. The number of rotatable bonds is 12. The van der Waals surface area contributed by atoms with Crippen LogP contribution in [-0.4, -0.2) is 40.6 Å². The maximum Gasteiger partial charge on any atom is 0.446 e. The van der Waals surface area contributed by atoms with Crippen molar-refractivity contribution >= 4 is 35.2 Å². The van der Waals surface area contributed by atoms with E-state index in [0.29, 0.717) is 11.5 Å². The van der Waals surface area contributed by atoms with Gasteiger partial charge in [0.05, 0.1) is 12.3 Å². The maximum absolute atomic E-state index is 13.8. The van der Waals surface area contributed by atoms with E-state index in [1.165, 1.54) is 73.4 Å². The van der Waals surface area contributed by atoms with Gasteiger partial charge in [0.25, 0.3) is 5.91 Å². The lowest BCUT2D eigenvalue weighted by molar-refractivity contribution is -0.136. The minimum atomic E-state index is -4.44. The van der Waals surface area contributed by atoms with Crippen LogP contribution in [0.15, 0.2) is 77.7 Å². The number of carboxylic acid groups (broad SMARTS) is 1. The lowest BCUT2D eigenvalue weighted by Gasteiger charge is -2.23. The highest BCUT2D eigenvalue weighted by atomic mass is 32.2. The van der Waals surface area contributed by atoms with Crippen molar-refractivity contribution in [3.8, 4) is 0 Å². The van der Waals surface area contributed by atoms with Crippen LogP contribution in [0.2, 0.25) is 0 Å². The highest BCUT2D eigenvalue weighted by Gasteiger charge is 2.30. The minimum Gasteiger partial charge on any atom is -0.481 e. The summed E-state index contributed by atoms with van der Waals surface area (Å²) in [6.45, 7) is -0.0360. The molecule has 3 aromatic carbocycles. The van der Waals surface area contributed by atoms with Crippen molar-refractivity contribution < 1.29 is 37.5 Å². The molecule has 0 radical (unpaired) electrons. The van der Waals surface area contributed by atoms with Gasteiger partial charge in [-0.25, -0.2) is 0 Å². The molecule has 0 aromatic heterocycles. The number of carbonyl (C=O) groups is 4. The fourth-order valence-corrected chi connectivity index (χ4v) is 5.86. The summed E-state index contributed by atoms with van der Waals surface area (Å²) in [5.74, 6) is -2.62. The van der Waals surface area contributed by atoms with Gasteiger partial charge in [0, 0.05) is 34.6 Å². The van der Waals surface area contributed by atoms with Crippen molar-refractivity contribution in [3.05, 3.63) is 101 Å². The van der Waals surface area contributed by atoms with Crippen LogP contribution in [0.1, 0.15) is 99.0 Å². The quantitative estimate of drug-likeness (QED) is 0.160. The second-order valence-corrected chi connectivity index (χ2v) is 11.7. The first kappa shape index (κ1) is 32.0. The molecule has 0 bridgehead atoms. The lowest BCUT2D eigenvalue weighted by Crippen LogP contribution is -2.26. The molecule has 1 saturated carbocycles. The van der Waals surface area contributed by atoms with Gasteiger partial charge in [-0.2, -0.15) is 13.2 Å². The molecule has 1 fully saturated rings. The normalized spacial score (nSPS) is 14.6. The van der Waals surface area contributed by atoms with E-state index in [-0.39, 0.29) is 64.3 Å². The number of hydrogen-bond donors (Lipinski definition) is 2. The Hall–Kier alpha value is -3.92. The van der Waals surface area contributed by atoms with Gasteiger partial charge in [0.15, 0.2) is 11.6 Å². The Kier molecular flexibility index (Phi) is 10.8. The molecule has 0 aliphatic heterocycles. The molecule has 10 heteroatoms. The summed E-state index contributed by atoms with van der Waals surface area (Å²) < 4.78 is 38.2. The van der Waals surface area contributed by atoms with Crippen molar-refractivity contribution in [3.63, 3.8) is 0 Å². The Bertz CT molecular complexity index is 1430. The predicted octanol–water partition coefficient (Wildman–Crippen LogP) is 7.79. The van der Waals surface area contributed by atoms with Gasteiger partial charge < -0.3 is 10.4 Å². The van der Waals surface area contributed by atoms with Gasteiger partial charge in [-0.15, -0.1) is 0 Å². The molecule has 3 aromatic rings. The molecular weight excluding hydrogens is 579 g/mol. The molecule has 1 aliphatic carbocycles. The predicted molar refractivity (Wildman–Crippen MR) is 158 cm³/mol. The summed E-state index contributed by atoms with van der Waals surface area (Å²) >= 11 is -0.264. The van der Waals surface area contributed by atoms with E-state index >= 15 is 0 Å². The number of carboxylic acids is 1. The van der Waals surface area contributed by atoms with Gasteiger partial charge in [-0.1, -0.05) is 67.8 Å². The Morgan fingerprint density at radius 3 is 1.98 bits per heavy atom. The van der Waals surface area contributed by atoms with Crippen molar-refractivity contribution in [1.29, 1.82) is 0 Å². The highest BCUT2D eigenvalue weighted by Crippen LogP contribution is 2.37. The summed E-state index contributed by atoms with van der Waals surface area (Å²) in [7, 11) is 0. The van der Waals surface area contributed by atoms with Crippen molar-refractivity contribution in [1.82, 2.24) is 5.32 Å². The molecule has 1 unspecified atom stereocenters. The first-order valence-electron chi connectivity index (χ1n) is 14.1. The zero-order valence-electron chi connectivity index (χ0n) is 23.4. The molecule has 1 atom stereocenters. The third kappa shape index (κ3) is 9.28. The zero-order valence-corrected chi connectivity index (χ0v) is 24.2. The number of nitrogens with one attached hydrogen (secondary N) is 1. The smallest absolute Gasteiger partial charge is 0.446 e. The number of thioether (sulfide) groups is 1. The monoisotopic (exact) mass is 611 g/mol. The first-order valence-corrected chi connectivity index (χ1v) is 14.9. The number of Topliss-reactive ketones (excluding diaryl/α,β-unsaturated/α-hetero) is 2. The van der Waals surface area contributed by atoms with Crippen LogP contribution >= 0.6 is 11.8 Å². The van der Waals surface area contributed by atoms with E-state index in [9.17, 15) is 32.3 Å². The Balaban J connectivity index is 1.55. The van der Waals surface area contributed by atoms with Crippen molar-refractivity contribution in [2.24, 2.45) is 0 Å². The Labute approximate surface area is 252 Å². The fraction of sp³-hybridized carbons (Fsp3) is 0.333. The number of ketones is 2. The van der Waals surface area contributed by atoms with Crippen LogP contribution < -0.4 is 5.32 Å². The van der Waals surface area contributed by atoms with Crippen LogP contribution in [0.3, 0.4) is 0 Å². The second-order valence-electron chi connectivity index (χ2n) is 10.6. The number of hydrogen-bond acceptors (Lipinski definition) is 5. The number of amides is 1. The molecule has 4 rings (SSSR count). The number of benzene rings is 3. The summed E-state index contributed by atoms with van der Waals surface area (Å²) in [5.41, 5.74) is -1.86.